The maximum atomic E-state index is 9.33. The Morgan fingerprint density at radius 2 is 2.18 bits per heavy atom. The van der Waals surface area contributed by atoms with Gasteiger partial charge in [-0.2, -0.15) is 0 Å². The molecule has 0 spiro atoms. The quantitative estimate of drug-likeness (QED) is 0.759. The van der Waals surface area contributed by atoms with Gasteiger partial charge in [-0.25, -0.2) is 9.97 Å². The molecule has 92 valence electrons. The van der Waals surface area contributed by atoms with Gasteiger partial charge in [-0.15, -0.1) is 11.3 Å². The molecule has 0 aliphatic heterocycles. The molecular formula is C11H15N3O2S. The second kappa shape index (κ2) is 4.95. The molecular weight excluding hydrogens is 238 g/mol. The van der Waals surface area contributed by atoms with Gasteiger partial charge < -0.3 is 15.5 Å². The lowest BCUT2D eigenvalue weighted by atomic mass is 10.2. The van der Waals surface area contributed by atoms with Crippen LogP contribution in [0.5, 0.6) is 0 Å². The molecule has 2 aromatic heterocycles. The number of nitrogens with one attached hydrogen (secondary N) is 1. The maximum absolute atomic E-state index is 9.33. The Hall–Kier alpha value is -1.24. The van der Waals surface area contributed by atoms with Gasteiger partial charge in [0, 0.05) is 6.54 Å². The smallest absolute Gasteiger partial charge is 0.138 e. The van der Waals surface area contributed by atoms with Crippen LogP contribution in [-0.4, -0.2) is 39.4 Å². The van der Waals surface area contributed by atoms with Crippen LogP contribution >= 0.6 is 11.3 Å². The van der Waals surface area contributed by atoms with E-state index in [2.05, 4.69) is 15.3 Å². The molecule has 2 aromatic rings. The van der Waals surface area contributed by atoms with E-state index in [0.29, 0.717) is 5.82 Å². The van der Waals surface area contributed by atoms with Gasteiger partial charge in [-0.1, -0.05) is 0 Å². The largest absolute Gasteiger partial charge is 0.394 e. The third-order valence-corrected chi connectivity index (χ3v) is 3.44. The third-order valence-electron chi connectivity index (χ3n) is 2.45. The summed E-state index contributed by atoms with van der Waals surface area (Å²) in [4.78, 5) is 9.63. The van der Waals surface area contributed by atoms with Crippen molar-refractivity contribution in [3.63, 3.8) is 0 Å². The van der Waals surface area contributed by atoms with Crippen molar-refractivity contribution in [1.82, 2.24) is 9.97 Å². The van der Waals surface area contributed by atoms with Crippen molar-refractivity contribution in [2.24, 2.45) is 0 Å². The highest BCUT2D eigenvalue weighted by Crippen LogP contribution is 2.29. The van der Waals surface area contributed by atoms with E-state index in [0.717, 1.165) is 21.6 Å². The number of aromatic nitrogens is 2. The number of nitrogens with zero attached hydrogens (tertiary/aromatic N) is 2. The topological polar surface area (TPSA) is 78.3 Å². The van der Waals surface area contributed by atoms with E-state index in [4.69, 9.17) is 5.11 Å². The number of thiophene rings is 1. The first-order valence-electron chi connectivity index (χ1n) is 5.37. The molecule has 0 saturated heterocycles. The molecule has 0 unspecified atom stereocenters. The summed E-state index contributed by atoms with van der Waals surface area (Å²) < 4.78 is 0. The van der Waals surface area contributed by atoms with Gasteiger partial charge in [0.1, 0.15) is 16.5 Å². The predicted octanol–water partition coefficient (Wildman–Crippen LogP) is 1.07. The summed E-state index contributed by atoms with van der Waals surface area (Å²) in [6, 6.07) is 0. The molecule has 1 atom stereocenters. The molecule has 0 saturated carbocycles. The number of rotatable bonds is 4. The Balaban J connectivity index is 2.34. The fourth-order valence-electron chi connectivity index (χ4n) is 1.60. The zero-order valence-electron chi connectivity index (χ0n) is 9.77. The van der Waals surface area contributed by atoms with Crippen LogP contribution in [0.15, 0.2) is 5.38 Å². The van der Waals surface area contributed by atoms with Gasteiger partial charge in [0.15, 0.2) is 0 Å². The highest BCUT2D eigenvalue weighted by Gasteiger charge is 2.11. The first-order chi connectivity index (χ1) is 8.11. The molecule has 0 amide bonds. The zero-order valence-corrected chi connectivity index (χ0v) is 10.6. The fraction of sp³-hybridized carbons (Fsp3) is 0.455. The normalized spacial score (nSPS) is 12.9. The van der Waals surface area contributed by atoms with Crippen molar-refractivity contribution in [3.05, 3.63) is 16.8 Å². The number of fused-ring (bicyclic) bond motifs is 1. The zero-order chi connectivity index (χ0) is 12.4. The van der Waals surface area contributed by atoms with Gasteiger partial charge >= 0.3 is 0 Å². The monoisotopic (exact) mass is 253 g/mol. The number of aryl methyl sites for hydroxylation is 2. The molecule has 0 fully saturated rings. The Kier molecular flexibility index (Phi) is 3.56. The number of anilines is 1. The summed E-state index contributed by atoms with van der Waals surface area (Å²) in [5.41, 5.74) is 1.12. The van der Waals surface area contributed by atoms with Crippen LogP contribution < -0.4 is 5.32 Å². The van der Waals surface area contributed by atoms with E-state index >= 15 is 0 Å². The number of hydrogen-bond donors (Lipinski definition) is 3. The van der Waals surface area contributed by atoms with Crippen LogP contribution in [0.3, 0.4) is 0 Å². The Morgan fingerprint density at radius 1 is 1.41 bits per heavy atom. The first-order valence-corrected chi connectivity index (χ1v) is 6.25. The minimum atomic E-state index is -0.778. The highest BCUT2D eigenvalue weighted by molar-refractivity contribution is 7.17. The van der Waals surface area contributed by atoms with E-state index in [1.807, 2.05) is 19.2 Å². The minimum absolute atomic E-state index is 0.261. The van der Waals surface area contributed by atoms with Gasteiger partial charge in [-0.3, -0.25) is 0 Å². The molecule has 5 nitrogen and oxygen atoms in total. The van der Waals surface area contributed by atoms with Crippen LogP contribution in [0.1, 0.15) is 11.4 Å². The van der Waals surface area contributed by atoms with Crippen molar-refractivity contribution in [2.45, 2.75) is 20.0 Å². The number of hydrogen-bond acceptors (Lipinski definition) is 6. The Labute approximate surface area is 103 Å². The van der Waals surface area contributed by atoms with E-state index in [1.165, 1.54) is 0 Å². The lowest BCUT2D eigenvalue weighted by molar-refractivity contribution is 0.105. The summed E-state index contributed by atoms with van der Waals surface area (Å²) >= 11 is 1.58. The summed E-state index contributed by atoms with van der Waals surface area (Å²) in [5, 5.41) is 24.2. The molecule has 0 aliphatic carbocycles. The van der Waals surface area contributed by atoms with Crippen LogP contribution in [0.25, 0.3) is 10.2 Å². The van der Waals surface area contributed by atoms with Gasteiger partial charge in [0.05, 0.1) is 18.1 Å². The van der Waals surface area contributed by atoms with Gasteiger partial charge in [-0.05, 0) is 24.8 Å². The molecule has 2 heterocycles. The van der Waals surface area contributed by atoms with Gasteiger partial charge in [0.25, 0.3) is 0 Å². The van der Waals surface area contributed by atoms with Crippen LogP contribution in [0, 0.1) is 13.8 Å². The number of aliphatic hydroxyl groups excluding tert-OH is 2. The van der Waals surface area contributed by atoms with E-state index in [1.54, 1.807) is 11.3 Å². The van der Waals surface area contributed by atoms with E-state index in [-0.39, 0.29) is 13.2 Å². The van der Waals surface area contributed by atoms with Crippen molar-refractivity contribution >= 4 is 27.4 Å². The molecule has 6 heteroatoms. The molecule has 2 rings (SSSR count). The van der Waals surface area contributed by atoms with Gasteiger partial charge in [0.2, 0.25) is 0 Å². The Bertz CT molecular complexity index is 527. The van der Waals surface area contributed by atoms with Crippen molar-refractivity contribution < 1.29 is 10.2 Å². The Morgan fingerprint density at radius 3 is 2.88 bits per heavy atom. The molecule has 3 N–H and O–H groups in total. The second-order valence-corrected chi connectivity index (χ2v) is 4.79. The maximum Gasteiger partial charge on any atom is 0.138 e. The number of aliphatic hydroxyl groups is 2. The van der Waals surface area contributed by atoms with Crippen LogP contribution in [0.2, 0.25) is 0 Å². The van der Waals surface area contributed by atoms with E-state index < -0.39 is 6.10 Å². The van der Waals surface area contributed by atoms with Crippen LogP contribution in [0.4, 0.5) is 5.82 Å². The van der Waals surface area contributed by atoms with Crippen molar-refractivity contribution in [2.75, 3.05) is 18.5 Å². The van der Waals surface area contributed by atoms with Crippen molar-refractivity contribution in [3.8, 4) is 0 Å². The SMILES string of the molecule is Cc1nc(NC[C@H](O)CO)c2c(C)csc2n1. The minimum Gasteiger partial charge on any atom is -0.394 e. The van der Waals surface area contributed by atoms with Crippen molar-refractivity contribution in [1.29, 1.82) is 0 Å². The molecule has 0 aromatic carbocycles. The van der Waals surface area contributed by atoms with E-state index in [9.17, 15) is 5.11 Å². The summed E-state index contributed by atoms with van der Waals surface area (Å²) in [5.74, 6) is 1.42. The highest BCUT2D eigenvalue weighted by atomic mass is 32.1. The summed E-state index contributed by atoms with van der Waals surface area (Å²) in [7, 11) is 0. The average molecular weight is 253 g/mol. The molecule has 0 aliphatic rings. The summed E-state index contributed by atoms with van der Waals surface area (Å²) in [6.07, 6.45) is -0.778. The first kappa shape index (κ1) is 12.2. The molecule has 17 heavy (non-hydrogen) atoms. The lowest BCUT2D eigenvalue weighted by Crippen LogP contribution is -2.23. The second-order valence-electron chi connectivity index (χ2n) is 3.94. The standard InChI is InChI=1S/C11H15N3O2S/c1-6-5-17-11-9(6)10(13-7(2)14-11)12-3-8(16)4-15/h5,8,15-16H,3-4H2,1-2H3,(H,12,13,14)/t8-/m0/s1. The summed E-state index contributed by atoms with van der Waals surface area (Å²) in [6.45, 7) is 3.85. The lowest BCUT2D eigenvalue weighted by Gasteiger charge is -2.11. The molecule has 0 radical (unpaired) electrons. The fourth-order valence-corrected chi connectivity index (χ4v) is 2.56. The predicted molar refractivity (Wildman–Crippen MR) is 68.5 cm³/mol. The third kappa shape index (κ3) is 2.54. The molecule has 0 bridgehead atoms. The van der Waals surface area contributed by atoms with Crippen LogP contribution in [-0.2, 0) is 0 Å². The average Bonchev–Trinajstić information content (AvgIpc) is 2.67.